The van der Waals surface area contributed by atoms with E-state index in [0.717, 1.165) is 46.1 Å². The fourth-order valence-electron chi connectivity index (χ4n) is 4.94. The van der Waals surface area contributed by atoms with Gasteiger partial charge in [-0.3, -0.25) is 0 Å². The molecule has 3 aromatic carbocycles. The molecule has 0 radical (unpaired) electrons. The lowest BCUT2D eigenvalue weighted by Gasteiger charge is -2.28. The van der Waals surface area contributed by atoms with Crippen LogP contribution < -0.4 is 9.80 Å². The molecule has 1 atom stereocenters. The molecule has 0 amide bonds. The molecule has 0 bridgehead atoms. The summed E-state index contributed by atoms with van der Waals surface area (Å²) in [7, 11) is 0. The first-order chi connectivity index (χ1) is 17.4. The van der Waals surface area contributed by atoms with Crippen molar-refractivity contribution in [3.63, 3.8) is 0 Å². The number of aryl methyl sites for hydroxylation is 2. The maximum atomic E-state index is 9.54. The Kier molecular flexibility index (Phi) is 10.6. The van der Waals surface area contributed by atoms with Crippen molar-refractivity contribution in [2.24, 2.45) is 0 Å². The molecule has 3 aromatic rings. The Bertz CT molecular complexity index is 1040. The minimum Gasteiger partial charge on any atom is -0.395 e. The zero-order valence-corrected chi connectivity index (χ0v) is 22.4. The maximum absolute atomic E-state index is 9.54. The van der Waals surface area contributed by atoms with E-state index >= 15 is 0 Å². The number of halogens is 1. The van der Waals surface area contributed by atoms with Gasteiger partial charge in [-0.1, -0.05) is 48.9 Å². The van der Waals surface area contributed by atoms with Gasteiger partial charge in [0.05, 0.1) is 19.8 Å². The van der Waals surface area contributed by atoms with Crippen LogP contribution in [0.4, 0.5) is 11.4 Å². The number of hydrogen-bond acceptors (Lipinski definition) is 5. The third kappa shape index (κ3) is 6.60. The normalized spacial score (nSPS) is 12.0. The van der Waals surface area contributed by atoms with Gasteiger partial charge in [0.1, 0.15) is 0 Å². The smallest absolute Gasteiger partial charge is 0.0606 e. The van der Waals surface area contributed by atoms with Crippen LogP contribution in [-0.4, -0.2) is 61.3 Å². The molecule has 0 aliphatic rings. The van der Waals surface area contributed by atoms with Crippen LogP contribution in [0.2, 0.25) is 5.02 Å². The molecular weight excluding hydrogens is 472 g/mol. The Morgan fingerprint density at radius 1 is 0.667 bits per heavy atom. The van der Waals surface area contributed by atoms with E-state index < -0.39 is 0 Å². The third-order valence-electron chi connectivity index (χ3n) is 6.68. The molecule has 3 N–H and O–H groups in total. The molecule has 3 rings (SSSR count). The van der Waals surface area contributed by atoms with Gasteiger partial charge in [0, 0.05) is 48.5 Å². The van der Waals surface area contributed by atoms with Crippen molar-refractivity contribution in [2.45, 2.75) is 33.1 Å². The first-order valence-corrected chi connectivity index (χ1v) is 13.1. The summed E-state index contributed by atoms with van der Waals surface area (Å²) >= 11 is 6.75. The molecular formula is C30H39ClN2O3. The van der Waals surface area contributed by atoms with Gasteiger partial charge < -0.3 is 25.1 Å². The molecule has 0 spiro atoms. The van der Waals surface area contributed by atoms with Gasteiger partial charge in [-0.25, -0.2) is 0 Å². The summed E-state index contributed by atoms with van der Waals surface area (Å²) < 4.78 is 0. The standard InChI is InChI=1S/C30H39ClN2O3/c1-4-13-32(14-17-34)24-9-11-26(22(2)20-24)30(28-7-5-6-8-29(28)31)27-12-10-25(21-23(27)3)33(15-18-35)16-19-36/h5-12,20-21,30,34-36H,4,13-19H2,1-3H3. The van der Waals surface area contributed by atoms with Crippen molar-refractivity contribution < 1.29 is 15.3 Å². The predicted molar refractivity (Wildman–Crippen MR) is 151 cm³/mol. The lowest BCUT2D eigenvalue weighted by atomic mass is 9.81. The maximum Gasteiger partial charge on any atom is 0.0606 e. The van der Waals surface area contributed by atoms with E-state index in [1.165, 1.54) is 11.1 Å². The minimum atomic E-state index is -0.0524. The van der Waals surface area contributed by atoms with Gasteiger partial charge in [-0.2, -0.15) is 0 Å². The summed E-state index contributed by atoms with van der Waals surface area (Å²) in [4.78, 5) is 4.21. The Balaban J connectivity index is 2.11. The van der Waals surface area contributed by atoms with Crippen molar-refractivity contribution in [3.05, 3.63) is 93.5 Å². The second-order valence-corrected chi connectivity index (χ2v) is 9.59. The van der Waals surface area contributed by atoms with E-state index in [9.17, 15) is 15.3 Å². The van der Waals surface area contributed by atoms with Gasteiger partial charge in [-0.05, 0) is 78.4 Å². The van der Waals surface area contributed by atoms with Crippen LogP contribution in [0.1, 0.15) is 47.1 Å². The molecule has 0 heterocycles. The van der Waals surface area contributed by atoms with Crippen molar-refractivity contribution >= 4 is 23.0 Å². The highest BCUT2D eigenvalue weighted by molar-refractivity contribution is 6.31. The van der Waals surface area contributed by atoms with Crippen LogP contribution in [0.5, 0.6) is 0 Å². The first-order valence-electron chi connectivity index (χ1n) is 12.7. The first kappa shape index (κ1) is 28.0. The van der Waals surface area contributed by atoms with Gasteiger partial charge >= 0.3 is 0 Å². The summed E-state index contributed by atoms with van der Waals surface area (Å²) in [6.45, 7) is 9.01. The highest BCUT2D eigenvalue weighted by Gasteiger charge is 2.24. The molecule has 36 heavy (non-hydrogen) atoms. The molecule has 194 valence electrons. The Labute approximate surface area is 220 Å². The molecule has 1 unspecified atom stereocenters. The van der Waals surface area contributed by atoms with Crippen LogP contribution in [0.15, 0.2) is 60.7 Å². The highest BCUT2D eigenvalue weighted by atomic mass is 35.5. The van der Waals surface area contributed by atoms with E-state index in [1.807, 2.05) is 23.1 Å². The molecule has 0 aliphatic heterocycles. The Morgan fingerprint density at radius 2 is 1.14 bits per heavy atom. The molecule has 0 saturated carbocycles. The largest absolute Gasteiger partial charge is 0.395 e. The topological polar surface area (TPSA) is 67.2 Å². The zero-order valence-electron chi connectivity index (χ0n) is 21.6. The monoisotopic (exact) mass is 510 g/mol. The van der Waals surface area contributed by atoms with Gasteiger partial charge in [0.2, 0.25) is 0 Å². The Morgan fingerprint density at radius 3 is 1.56 bits per heavy atom. The lowest BCUT2D eigenvalue weighted by molar-refractivity contribution is 0.281. The van der Waals surface area contributed by atoms with E-state index in [-0.39, 0.29) is 25.7 Å². The number of rotatable bonds is 13. The second-order valence-electron chi connectivity index (χ2n) is 9.18. The summed E-state index contributed by atoms with van der Waals surface area (Å²) in [6, 6.07) is 20.9. The number of nitrogens with zero attached hydrogens (tertiary/aromatic N) is 2. The van der Waals surface area contributed by atoms with Crippen molar-refractivity contribution in [2.75, 3.05) is 55.8 Å². The number of aliphatic hydroxyl groups excluding tert-OH is 3. The fourth-order valence-corrected chi connectivity index (χ4v) is 5.19. The molecule has 0 aromatic heterocycles. The summed E-state index contributed by atoms with van der Waals surface area (Å²) in [5.41, 5.74) is 7.78. The average molecular weight is 511 g/mol. The van der Waals surface area contributed by atoms with Crippen LogP contribution in [0.3, 0.4) is 0 Å². The SMILES string of the molecule is CCCN(CCO)c1ccc(C(c2ccc(N(CCO)CCO)cc2C)c2ccccc2Cl)c(C)c1. The number of anilines is 2. The molecule has 0 saturated heterocycles. The van der Waals surface area contributed by atoms with Crippen LogP contribution in [-0.2, 0) is 0 Å². The summed E-state index contributed by atoms with van der Waals surface area (Å²) in [5, 5.41) is 29.2. The van der Waals surface area contributed by atoms with Crippen molar-refractivity contribution in [3.8, 4) is 0 Å². The Hall–Kier alpha value is -2.57. The van der Waals surface area contributed by atoms with Gasteiger partial charge in [-0.15, -0.1) is 0 Å². The zero-order chi connectivity index (χ0) is 26.1. The van der Waals surface area contributed by atoms with Crippen LogP contribution >= 0.6 is 11.6 Å². The number of aliphatic hydroxyl groups is 3. The third-order valence-corrected chi connectivity index (χ3v) is 7.02. The van der Waals surface area contributed by atoms with Crippen molar-refractivity contribution in [1.82, 2.24) is 0 Å². The molecule has 0 aliphatic carbocycles. The van der Waals surface area contributed by atoms with Gasteiger partial charge in [0.25, 0.3) is 0 Å². The van der Waals surface area contributed by atoms with E-state index in [0.29, 0.717) is 19.6 Å². The number of benzene rings is 3. The molecule has 6 heteroatoms. The molecule has 5 nitrogen and oxygen atoms in total. The predicted octanol–water partition coefficient (Wildman–Crippen LogP) is 5.14. The lowest BCUT2D eigenvalue weighted by Crippen LogP contribution is -2.29. The highest BCUT2D eigenvalue weighted by Crippen LogP contribution is 2.40. The minimum absolute atomic E-state index is 0.0277. The number of hydrogen-bond donors (Lipinski definition) is 3. The van der Waals surface area contributed by atoms with Crippen LogP contribution in [0.25, 0.3) is 0 Å². The average Bonchev–Trinajstić information content (AvgIpc) is 2.86. The van der Waals surface area contributed by atoms with E-state index in [4.69, 9.17) is 11.6 Å². The second kappa shape index (κ2) is 13.7. The van der Waals surface area contributed by atoms with Gasteiger partial charge in [0.15, 0.2) is 0 Å². The summed E-state index contributed by atoms with van der Waals surface area (Å²) in [6.07, 6.45) is 1.01. The quantitative estimate of drug-likeness (QED) is 0.278. The van der Waals surface area contributed by atoms with E-state index in [2.05, 4.69) is 68.1 Å². The van der Waals surface area contributed by atoms with Crippen molar-refractivity contribution in [1.29, 1.82) is 0 Å². The molecule has 0 fully saturated rings. The van der Waals surface area contributed by atoms with E-state index in [1.54, 1.807) is 0 Å². The fraction of sp³-hybridized carbons (Fsp3) is 0.400. The van der Waals surface area contributed by atoms with Crippen LogP contribution in [0, 0.1) is 13.8 Å². The summed E-state index contributed by atoms with van der Waals surface area (Å²) in [5.74, 6) is -0.0524.